The fraction of sp³-hybridized carbons (Fsp3) is 0.273. The summed E-state index contributed by atoms with van der Waals surface area (Å²) in [4.78, 5) is 16.3. The number of halogens is 1. The molecule has 1 fully saturated rings. The maximum Gasteiger partial charge on any atom is 0.243 e. The van der Waals surface area contributed by atoms with Gasteiger partial charge < -0.3 is 5.32 Å². The summed E-state index contributed by atoms with van der Waals surface area (Å²) in [5, 5.41) is 5.29. The SMILES string of the molecule is O=C(Cc1cccc(S(=O)(=O)N2CCCCC2)c1)Nc1cc(-c2ccnc(F)c2)cs1. The normalized spacial score (nSPS) is 15.0. The van der Waals surface area contributed by atoms with Gasteiger partial charge in [-0.1, -0.05) is 18.6 Å². The molecule has 0 bridgehead atoms. The van der Waals surface area contributed by atoms with E-state index in [1.165, 1.54) is 27.9 Å². The van der Waals surface area contributed by atoms with Crippen LogP contribution in [-0.4, -0.2) is 36.7 Å². The van der Waals surface area contributed by atoms with Crippen molar-refractivity contribution in [2.45, 2.75) is 30.6 Å². The van der Waals surface area contributed by atoms with Crippen LogP contribution >= 0.6 is 11.3 Å². The Bertz CT molecular complexity index is 1190. The number of nitrogens with zero attached hydrogens (tertiary/aromatic N) is 2. The number of nitrogens with one attached hydrogen (secondary N) is 1. The predicted octanol–water partition coefficient (Wildman–Crippen LogP) is 4.31. The minimum Gasteiger partial charge on any atom is -0.317 e. The van der Waals surface area contributed by atoms with E-state index in [1.54, 1.807) is 36.4 Å². The zero-order valence-corrected chi connectivity index (χ0v) is 18.4. The summed E-state index contributed by atoms with van der Waals surface area (Å²) in [5.74, 6) is -0.810. The highest BCUT2D eigenvalue weighted by Gasteiger charge is 2.26. The number of piperidine rings is 1. The zero-order valence-electron chi connectivity index (χ0n) is 16.8. The first-order chi connectivity index (χ1) is 14.9. The van der Waals surface area contributed by atoms with Crippen LogP contribution in [0.5, 0.6) is 0 Å². The van der Waals surface area contributed by atoms with Gasteiger partial charge in [0.05, 0.1) is 16.3 Å². The molecule has 0 aliphatic carbocycles. The van der Waals surface area contributed by atoms with Gasteiger partial charge in [-0.3, -0.25) is 4.79 Å². The Labute approximate surface area is 184 Å². The van der Waals surface area contributed by atoms with Crippen molar-refractivity contribution in [3.63, 3.8) is 0 Å². The number of rotatable bonds is 6. The van der Waals surface area contributed by atoms with Crippen molar-refractivity contribution < 1.29 is 17.6 Å². The van der Waals surface area contributed by atoms with E-state index in [1.807, 2.05) is 5.38 Å². The summed E-state index contributed by atoms with van der Waals surface area (Å²) in [7, 11) is -3.54. The first kappa shape index (κ1) is 21.6. The number of hydrogen-bond acceptors (Lipinski definition) is 5. The number of thiophene rings is 1. The van der Waals surface area contributed by atoms with Crippen LogP contribution in [0, 0.1) is 5.95 Å². The quantitative estimate of drug-likeness (QED) is 0.557. The molecule has 9 heteroatoms. The van der Waals surface area contributed by atoms with Crippen LogP contribution in [0.3, 0.4) is 0 Å². The number of aromatic nitrogens is 1. The van der Waals surface area contributed by atoms with Crippen molar-refractivity contribution in [3.05, 3.63) is 65.6 Å². The van der Waals surface area contributed by atoms with E-state index in [0.29, 0.717) is 29.2 Å². The molecule has 1 aliphatic heterocycles. The number of amides is 1. The number of pyridine rings is 1. The van der Waals surface area contributed by atoms with Crippen LogP contribution in [0.4, 0.5) is 9.39 Å². The summed E-state index contributed by atoms with van der Waals surface area (Å²) < 4.78 is 40.6. The molecule has 0 unspecified atom stereocenters. The number of hydrogen-bond donors (Lipinski definition) is 1. The largest absolute Gasteiger partial charge is 0.317 e. The Morgan fingerprint density at radius 1 is 1.10 bits per heavy atom. The second-order valence-electron chi connectivity index (χ2n) is 7.40. The topological polar surface area (TPSA) is 79.4 Å². The number of anilines is 1. The Hall–Kier alpha value is -2.62. The smallest absolute Gasteiger partial charge is 0.243 e. The molecule has 0 spiro atoms. The van der Waals surface area contributed by atoms with Crippen molar-refractivity contribution in [1.82, 2.24) is 9.29 Å². The van der Waals surface area contributed by atoms with E-state index in [-0.39, 0.29) is 17.2 Å². The lowest BCUT2D eigenvalue weighted by Gasteiger charge is -2.26. The molecule has 4 rings (SSSR count). The van der Waals surface area contributed by atoms with Crippen molar-refractivity contribution >= 4 is 32.3 Å². The van der Waals surface area contributed by atoms with Gasteiger partial charge in [0, 0.05) is 30.7 Å². The molecule has 1 saturated heterocycles. The number of carbonyl (C=O) groups is 1. The summed E-state index contributed by atoms with van der Waals surface area (Å²) in [6.07, 6.45) is 4.24. The fourth-order valence-corrected chi connectivity index (χ4v) is 5.99. The Balaban J connectivity index is 1.43. The number of benzene rings is 1. The lowest BCUT2D eigenvalue weighted by atomic mass is 10.1. The number of carbonyl (C=O) groups excluding carboxylic acids is 1. The molecule has 1 aromatic carbocycles. The molecule has 0 radical (unpaired) electrons. The van der Waals surface area contributed by atoms with Crippen LogP contribution in [0.1, 0.15) is 24.8 Å². The van der Waals surface area contributed by atoms with Crippen molar-refractivity contribution in [3.8, 4) is 11.1 Å². The van der Waals surface area contributed by atoms with Gasteiger partial charge in [-0.25, -0.2) is 13.4 Å². The second-order valence-corrected chi connectivity index (χ2v) is 10.3. The third-order valence-electron chi connectivity index (χ3n) is 5.14. The highest BCUT2D eigenvalue weighted by Crippen LogP contribution is 2.29. The first-order valence-corrected chi connectivity index (χ1v) is 12.3. The maximum atomic E-state index is 13.3. The minimum absolute atomic E-state index is 0.0560. The summed E-state index contributed by atoms with van der Waals surface area (Å²) in [5.41, 5.74) is 2.10. The standard InChI is InChI=1S/C22H22FN3O3S2/c23-20-13-17(7-8-24-20)18-14-22(30-15-18)25-21(27)12-16-5-4-6-19(11-16)31(28,29)26-9-2-1-3-10-26/h4-8,11,13-15H,1-3,9-10,12H2,(H,25,27). The Morgan fingerprint density at radius 2 is 1.90 bits per heavy atom. The van der Waals surface area contributed by atoms with Crippen LogP contribution in [0.2, 0.25) is 0 Å². The number of sulfonamides is 1. The van der Waals surface area contributed by atoms with E-state index in [4.69, 9.17) is 0 Å². The summed E-state index contributed by atoms with van der Waals surface area (Å²) in [6.45, 7) is 1.07. The maximum absolute atomic E-state index is 13.3. The van der Waals surface area contributed by atoms with E-state index < -0.39 is 16.0 Å². The molecule has 1 aliphatic rings. The molecule has 3 aromatic rings. The summed E-state index contributed by atoms with van der Waals surface area (Å²) in [6, 6.07) is 11.4. The third kappa shape index (κ3) is 5.17. The highest BCUT2D eigenvalue weighted by atomic mass is 32.2. The van der Waals surface area contributed by atoms with Crippen LogP contribution < -0.4 is 5.32 Å². The fourth-order valence-electron chi connectivity index (χ4n) is 3.57. The molecule has 31 heavy (non-hydrogen) atoms. The molecular formula is C22H22FN3O3S2. The lowest BCUT2D eigenvalue weighted by Crippen LogP contribution is -2.35. The van der Waals surface area contributed by atoms with Crippen LogP contribution in [0.25, 0.3) is 11.1 Å². The third-order valence-corrected chi connectivity index (χ3v) is 7.88. The van der Waals surface area contributed by atoms with Gasteiger partial charge in [0.25, 0.3) is 0 Å². The van der Waals surface area contributed by atoms with Gasteiger partial charge in [-0.05, 0) is 53.8 Å². The molecule has 6 nitrogen and oxygen atoms in total. The van der Waals surface area contributed by atoms with E-state index in [0.717, 1.165) is 24.8 Å². The van der Waals surface area contributed by atoms with E-state index >= 15 is 0 Å². The Morgan fingerprint density at radius 3 is 2.68 bits per heavy atom. The van der Waals surface area contributed by atoms with Crippen molar-refractivity contribution in [2.24, 2.45) is 0 Å². The van der Waals surface area contributed by atoms with Gasteiger partial charge in [0.1, 0.15) is 0 Å². The lowest BCUT2D eigenvalue weighted by molar-refractivity contribution is -0.115. The molecule has 2 aromatic heterocycles. The van der Waals surface area contributed by atoms with Gasteiger partial charge >= 0.3 is 0 Å². The van der Waals surface area contributed by atoms with Gasteiger partial charge in [0.2, 0.25) is 21.9 Å². The molecule has 1 amide bonds. The molecule has 0 saturated carbocycles. The van der Waals surface area contributed by atoms with Crippen LogP contribution in [-0.2, 0) is 21.2 Å². The average molecular weight is 460 g/mol. The average Bonchev–Trinajstić information content (AvgIpc) is 3.23. The summed E-state index contributed by atoms with van der Waals surface area (Å²) >= 11 is 1.34. The zero-order chi connectivity index (χ0) is 21.8. The Kier molecular flexibility index (Phi) is 6.45. The molecule has 162 valence electrons. The molecule has 1 N–H and O–H groups in total. The van der Waals surface area contributed by atoms with Gasteiger partial charge in [0.15, 0.2) is 0 Å². The molecule has 3 heterocycles. The highest BCUT2D eigenvalue weighted by molar-refractivity contribution is 7.89. The van der Waals surface area contributed by atoms with Crippen LogP contribution in [0.15, 0.2) is 58.9 Å². The van der Waals surface area contributed by atoms with Crippen molar-refractivity contribution in [1.29, 1.82) is 0 Å². The first-order valence-electron chi connectivity index (χ1n) is 10.0. The van der Waals surface area contributed by atoms with Gasteiger partial charge in [-0.15, -0.1) is 11.3 Å². The van der Waals surface area contributed by atoms with E-state index in [2.05, 4.69) is 10.3 Å². The molecular weight excluding hydrogens is 437 g/mol. The minimum atomic E-state index is -3.54. The predicted molar refractivity (Wildman–Crippen MR) is 119 cm³/mol. The second kappa shape index (κ2) is 9.25. The van der Waals surface area contributed by atoms with Crippen molar-refractivity contribution in [2.75, 3.05) is 18.4 Å². The monoisotopic (exact) mass is 459 g/mol. The molecule has 0 atom stereocenters. The van der Waals surface area contributed by atoms with E-state index in [9.17, 15) is 17.6 Å². The van der Waals surface area contributed by atoms with Gasteiger partial charge in [-0.2, -0.15) is 8.70 Å².